The van der Waals surface area contributed by atoms with E-state index in [1.165, 1.54) is 0 Å². The molecule has 0 bridgehead atoms. The van der Waals surface area contributed by atoms with Crippen molar-refractivity contribution >= 4 is 17.5 Å². The van der Waals surface area contributed by atoms with Crippen LogP contribution >= 0.6 is 11.6 Å². The van der Waals surface area contributed by atoms with Crippen molar-refractivity contribution in [2.45, 2.75) is 6.42 Å². The molecule has 0 atom stereocenters. The van der Waals surface area contributed by atoms with Gasteiger partial charge < -0.3 is 14.8 Å². The van der Waals surface area contributed by atoms with E-state index in [0.29, 0.717) is 23.6 Å². The maximum atomic E-state index is 11.6. The Balaban J connectivity index is 2.08. The molecular weight excluding hydrogens is 270 g/mol. The summed E-state index contributed by atoms with van der Waals surface area (Å²) >= 11 is 5.86. The van der Waals surface area contributed by atoms with E-state index >= 15 is 0 Å². The second kappa shape index (κ2) is 6.31. The molecule has 0 saturated heterocycles. The van der Waals surface area contributed by atoms with Gasteiger partial charge >= 0.3 is 11.8 Å². The fourth-order valence-corrected chi connectivity index (χ4v) is 1.60. The molecule has 6 nitrogen and oxygen atoms in total. The molecule has 0 aliphatic carbocycles. The van der Waals surface area contributed by atoms with Crippen LogP contribution in [0.15, 0.2) is 28.7 Å². The molecule has 2 N–H and O–H groups in total. The molecule has 0 unspecified atom stereocenters. The van der Waals surface area contributed by atoms with Crippen LogP contribution in [0.3, 0.4) is 0 Å². The minimum atomic E-state index is -0.464. The Morgan fingerprint density at radius 1 is 1.42 bits per heavy atom. The number of aliphatic hydroxyl groups excluding tert-OH is 1. The highest BCUT2D eigenvalue weighted by molar-refractivity contribution is 6.30. The highest BCUT2D eigenvalue weighted by Crippen LogP contribution is 2.21. The number of carbonyl (C=O) groups is 1. The van der Waals surface area contributed by atoms with Crippen LogP contribution in [0, 0.1) is 0 Å². The first kappa shape index (κ1) is 13.5. The first-order valence-electron chi connectivity index (χ1n) is 5.69. The molecule has 0 aliphatic heterocycles. The summed E-state index contributed by atoms with van der Waals surface area (Å²) in [5.41, 5.74) is 0.648. The summed E-state index contributed by atoms with van der Waals surface area (Å²) in [4.78, 5) is 11.6. The van der Waals surface area contributed by atoms with Gasteiger partial charge in [0.05, 0.1) is 0 Å². The lowest BCUT2D eigenvalue weighted by Gasteiger charge is -1.99. The van der Waals surface area contributed by atoms with Crippen LogP contribution in [0.1, 0.15) is 17.1 Å². The fraction of sp³-hybridized carbons (Fsp3) is 0.250. The standard InChI is InChI=1S/C12H12ClN3O3/c13-9-4-1-3-8(7-9)11-15-16-12(19-11)10(18)14-5-2-6-17/h1,3-4,7,17H,2,5-6H2,(H,14,18). The van der Waals surface area contributed by atoms with Crippen LogP contribution in [-0.4, -0.2) is 34.4 Å². The highest BCUT2D eigenvalue weighted by atomic mass is 35.5. The minimum Gasteiger partial charge on any atom is -0.412 e. The van der Waals surface area contributed by atoms with Gasteiger partial charge in [-0.3, -0.25) is 4.79 Å². The molecule has 0 radical (unpaired) electrons. The Bertz CT molecular complexity index is 571. The number of carbonyl (C=O) groups excluding carboxylic acids is 1. The Morgan fingerprint density at radius 3 is 3.00 bits per heavy atom. The normalized spacial score (nSPS) is 10.4. The zero-order valence-electron chi connectivity index (χ0n) is 9.97. The van der Waals surface area contributed by atoms with Gasteiger partial charge in [0.15, 0.2) is 0 Å². The van der Waals surface area contributed by atoms with Crippen LogP contribution in [0.4, 0.5) is 0 Å². The minimum absolute atomic E-state index is 0.0118. The van der Waals surface area contributed by atoms with Crippen molar-refractivity contribution in [3.63, 3.8) is 0 Å². The number of benzene rings is 1. The Kier molecular flexibility index (Phi) is 4.48. The lowest BCUT2D eigenvalue weighted by atomic mass is 10.2. The number of rotatable bonds is 5. The van der Waals surface area contributed by atoms with Gasteiger partial charge in [0, 0.05) is 23.7 Å². The molecule has 0 aliphatic rings. The molecule has 0 saturated carbocycles. The Morgan fingerprint density at radius 2 is 2.26 bits per heavy atom. The Hall–Kier alpha value is -1.92. The van der Waals surface area contributed by atoms with Gasteiger partial charge in [0.25, 0.3) is 0 Å². The third-order valence-electron chi connectivity index (χ3n) is 2.31. The number of halogens is 1. The van der Waals surface area contributed by atoms with Gasteiger partial charge in [-0.05, 0) is 24.6 Å². The molecule has 1 aromatic heterocycles. The lowest BCUT2D eigenvalue weighted by molar-refractivity contribution is 0.0917. The third kappa shape index (κ3) is 3.52. The van der Waals surface area contributed by atoms with Gasteiger partial charge in [-0.15, -0.1) is 10.2 Å². The average Bonchev–Trinajstić information content (AvgIpc) is 2.88. The lowest BCUT2D eigenvalue weighted by Crippen LogP contribution is -2.25. The van der Waals surface area contributed by atoms with Crippen LogP contribution < -0.4 is 5.32 Å². The maximum Gasteiger partial charge on any atom is 0.308 e. The Labute approximate surface area is 114 Å². The van der Waals surface area contributed by atoms with Crippen LogP contribution in [0.5, 0.6) is 0 Å². The topological polar surface area (TPSA) is 88.2 Å². The summed E-state index contributed by atoms with van der Waals surface area (Å²) in [6.07, 6.45) is 0.473. The van der Waals surface area contributed by atoms with Crippen molar-refractivity contribution in [1.29, 1.82) is 0 Å². The number of nitrogens with one attached hydrogen (secondary N) is 1. The SMILES string of the molecule is O=C(NCCCO)c1nnc(-c2cccc(Cl)c2)o1. The van der Waals surface area contributed by atoms with Crippen LogP contribution in [0.25, 0.3) is 11.5 Å². The highest BCUT2D eigenvalue weighted by Gasteiger charge is 2.15. The predicted octanol–water partition coefficient (Wildman–Crippen LogP) is 1.50. The van der Waals surface area contributed by atoms with E-state index in [4.69, 9.17) is 21.1 Å². The van der Waals surface area contributed by atoms with Crippen molar-refractivity contribution in [1.82, 2.24) is 15.5 Å². The summed E-state index contributed by atoms with van der Waals surface area (Å²) < 4.78 is 5.26. The summed E-state index contributed by atoms with van der Waals surface area (Å²) in [5.74, 6) is -0.350. The smallest absolute Gasteiger partial charge is 0.308 e. The van der Waals surface area contributed by atoms with Crippen molar-refractivity contribution in [3.05, 3.63) is 35.2 Å². The molecule has 1 heterocycles. The van der Waals surface area contributed by atoms with Crippen molar-refractivity contribution < 1.29 is 14.3 Å². The van der Waals surface area contributed by atoms with Gasteiger partial charge in [-0.1, -0.05) is 17.7 Å². The predicted molar refractivity (Wildman–Crippen MR) is 68.8 cm³/mol. The quantitative estimate of drug-likeness (QED) is 0.811. The van der Waals surface area contributed by atoms with Crippen LogP contribution in [-0.2, 0) is 0 Å². The molecule has 19 heavy (non-hydrogen) atoms. The van der Waals surface area contributed by atoms with E-state index in [1.807, 2.05) is 0 Å². The van der Waals surface area contributed by atoms with E-state index in [-0.39, 0.29) is 18.4 Å². The summed E-state index contributed by atoms with van der Waals surface area (Å²) in [6.45, 7) is 0.363. The largest absolute Gasteiger partial charge is 0.412 e. The van der Waals surface area contributed by atoms with E-state index in [0.717, 1.165) is 0 Å². The molecule has 1 amide bonds. The summed E-state index contributed by atoms with van der Waals surface area (Å²) in [5, 5.41) is 19.2. The second-order valence-corrected chi connectivity index (χ2v) is 4.19. The molecule has 0 fully saturated rings. The number of hydrogen-bond donors (Lipinski definition) is 2. The fourth-order valence-electron chi connectivity index (χ4n) is 1.41. The monoisotopic (exact) mass is 281 g/mol. The molecule has 2 aromatic rings. The van der Waals surface area contributed by atoms with Crippen LogP contribution in [0.2, 0.25) is 5.02 Å². The van der Waals surface area contributed by atoms with Crippen molar-refractivity contribution in [2.24, 2.45) is 0 Å². The van der Waals surface area contributed by atoms with Gasteiger partial charge in [0.1, 0.15) is 0 Å². The maximum absolute atomic E-state index is 11.6. The number of nitrogens with zero attached hydrogens (tertiary/aromatic N) is 2. The van der Waals surface area contributed by atoms with E-state index in [9.17, 15) is 4.79 Å². The van der Waals surface area contributed by atoms with E-state index < -0.39 is 5.91 Å². The third-order valence-corrected chi connectivity index (χ3v) is 2.55. The zero-order valence-corrected chi connectivity index (χ0v) is 10.7. The molecule has 100 valence electrons. The summed E-state index contributed by atoms with van der Waals surface area (Å²) in [6, 6.07) is 6.90. The van der Waals surface area contributed by atoms with E-state index in [2.05, 4.69) is 15.5 Å². The molecule has 1 aromatic carbocycles. The molecule has 7 heteroatoms. The number of aromatic nitrogens is 2. The average molecular weight is 282 g/mol. The van der Waals surface area contributed by atoms with Gasteiger partial charge in [-0.25, -0.2) is 0 Å². The molecule has 0 spiro atoms. The number of hydrogen-bond acceptors (Lipinski definition) is 5. The van der Waals surface area contributed by atoms with Crippen molar-refractivity contribution in [3.8, 4) is 11.5 Å². The second-order valence-electron chi connectivity index (χ2n) is 3.76. The first-order valence-corrected chi connectivity index (χ1v) is 6.07. The number of amides is 1. The van der Waals surface area contributed by atoms with Gasteiger partial charge in [-0.2, -0.15) is 0 Å². The first-order chi connectivity index (χ1) is 9.20. The zero-order chi connectivity index (χ0) is 13.7. The molecule has 2 rings (SSSR count). The molecular formula is C12H12ClN3O3. The summed E-state index contributed by atoms with van der Waals surface area (Å²) in [7, 11) is 0. The van der Waals surface area contributed by atoms with Gasteiger partial charge in [0.2, 0.25) is 5.89 Å². The van der Waals surface area contributed by atoms with E-state index in [1.54, 1.807) is 24.3 Å². The van der Waals surface area contributed by atoms with Crippen molar-refractivity contribution in [2.75, 3.05) is 13.2 Å². The number of aliphatic hydroxyl groups is 1.